The lowest BCUT2D eigenvalue weighted by Gasteiger charge is -2.17. The molecule has 0 saturated carbocycles. The average Bonchev–Trinajstić information content (AvgIpc) is 2.26. The Bertz CT molecular complexity index is 355. The zero-order valence-electron chi connectivity index (χ0n) is 9.71. The van der Waals surface area contributed by atoms with E-state index in [0.717, 1.165) is 6.92 Å². The number of anilines is 1. The molecule has 1 rings (SSSR count). The highest BCUT2D eigenvalue weighted by Crippen LogP contribution is 2.24. The highest BCUT2D eigenvalue weighted by Gasteiger charge is 2.36. The van der Waals surface area contributed by atoms with E-state index >= 15 is 0 Å². The Morgan fingerprint density at radius 2 is 2.18 bits per heavy atom. The first-order valence-corrected chi connectivity index (χ1v) is 5.31. The van der Waals surface area contributed by atoms with Gasteiger partial charge in [0.1, 0.15) is 5.82 Å². The van der Waals surface area contributed by atoms with Crippen LogP contribution in [0.2, 0.25) is 0 Å². The number of hydrogen-bond acceptors (Lipinski definition) is 3. The second kappa shape index (κ2) is 5.86. The molecule has 0 aliphatic heterocycles. The third kappa shape index (κ3) is 4.22. The minimum Gasteiger partial charge on any atom is -0.370 e. The van der Waals surface area contributed by atoms with Gasteiger partial charge in [0.15, 0.2) is 6.10 Å². The number of rotatable bonds is 5. The number of nitrogens with one attached hydrogen (secondary N) is 1. The minimum atomic E-state index is -4.33. The second-order valence-electron chi connectivity index (χ2n) is 3.54. The first-order chi connectivity index (χ1) is 7.95. The van der Waals surface area contributed by atoms with Gasteiger partial charge in [-0.25, -0.2) is 4.98 Å². The third-order valence-electron chi connectivity index (χ3n) is 2.19. The van der Waals surface area contributed by atoms with E-state index in [-0.39, 0.29) is 6.61 Å². The topological polar surface area (TPSA) is 34.2 Å². The quantitative estimate of drug-likeness (QED) is 0.869. The molecule has 1 unspecified atom stereocenters. The predicted octanol–water partition coefficient (Wildman–Crippen LogP) is 2.98. The highest BCUT2D eigenvalue weighted by atomic mass is 19.4. The van der Waals surface area contributed by atoms with E-state index in [9.17, 15) is 13.2 Å². The van der Waals surface area contributed by atoms with E-state index in [1.54, 1.807) is 18.3 Å². The molecule has 1 aromatic rings. The van der Waals surface area contributed by atoms with Gasteiger partial charge in [-0.2, -0.15) is 13.2 Å². The van der Waals surface area contributed by atoms with Gasteiger partial charge < -0.3 is 10.1 Å². The molecule has 0 spiro atoms. The van der Waals surface area contributed by atoms with Crippen LogP contribution in [0.25, 0.3) is 0 Å². The predicted molar refractivity (Wildman–Crippen MR) is 58.7 cm³/mol. The number of ether oxygens (including phenoxy) is 1. The van der Waals surface area contributed by atoms with Gasteiger partial charge in [-0.3, -0.25) is 0 Å². The zero-order chi connectivity index (χ0) is 12.9. The van der Waals surface area contributed by atoms with E-state index in [0.29, 0.717) is 17.9 Å². The maximum Gasteiger partial charge on any atom is 0.414 e. The lowest BCUT2D eigenvalue weighted by molar-refractivity contribution is -0.217. The number of pyridine rings is 1. The van der Waals surface area contributed by atoms with Gasteiger partial charge in [-0.05, 0) is 19.9 Å². The van der Waals surface area contributed by atoms with Gasteiger partial charge in [0.25, 0.3) is 0 Å². The van der Waals surface area contributed by atoms with E-state index in [1.165, 1.54) is 0 Å². The number of nitrogens with zero attached hydrogens (tertiary/aromatic N) is 1. The summed E-state index contributed by atoms with van der Waals surface area (Å²) in [6, 6.07) is 3.35. The van der Waals surface area contributed by atoms with Crippen LogP contribution in [0.1, 0.15) is 19.4 Å². The summed E-state index contributed by atoms with van der Waals surface area (Å²) in [7, 11) is 0. The van der Waals surface area contributed by atoms with Crippen molar-refractivity contribution < 1.29 is 17.9 Å². The van der Waals surface area contributed by atoms with Gasteiger partial charge >= 0.3 is 6.18 Å². The summed E-state index contributed by atoms with van der Waals surface area (Å²) in [6.07, 6.45) is -4.54. The van der Waals surface area contributed by atoms with Crippen molar-refractivity contribution in [2.45, 2.75) is 32.7 Å². The fraction of sp³-hybridized carbons (Fsp3) is 0.545. The molecule has 0 aliphatic carbocycles. The van der Waals surface area contributed by atoms with Gasteiger partial charge in [0.05, 0.1) is 6.61 Å². The molecule has 0 amide bonds. The molecule has 96 valence electrons. The molecule has 0 radical (unpaired) electrons. The van der Waals surface area contributed by atoms with Crippen LogP contribution in [0.3, 0.4) is 0 Å². The first kappa shape index (κ1) is 13.8. The molecule has 17 heavy (non-hydrogen) atoms. The normalized spacial score (nSPS) is 13.5. The van der Waals surface area contributed by atoms with Crippen molar-refractivity contribution in [2.24, 2.45) is 0 Å². The van der Waals surface area contributed by atoms with Crippen molar-refractivity contribution in [3.8, 4) is 0 Å². The van der Waals surface area contributed by atoms with Crippen LogP contribution >= 0.6 is 0 Å². The van der Waals surface area contributed by atoms with Crippen LogP contribution in [0.15, 0.2) is 18.3 Å². The molecule has 1 atom stereocenters. The van der Waals surface area contributed by atoms with Gasteiger partial charge in [0, 0.05) is 18.3 Å². The smallest absolute Gasteiger partial charge is 0.370 e. The van der Waals surface area contributed by atoms with Crippen LogP contribution in [-0.4, -0.2) is 23.8 Å². The molecule has 1 aromatic heterocycles. The van der Waals surface area contributed by atoms with E-state index in [4.69, 9.17) is 4.74 Å². The van der Waals surface area contributed by atoms with E-state index in [2.05, 4.69) is 10.3 Å². The molecule has 1 N–H and O–H groups in total. The molecular formula is C11H15F3N2O. The highest BCUT2D eigenvalue weighted by molar-refractivity contribution is 5.42. The Labute approximate surface area is 98.0 Å². The molecule has 0 aromatic carbocycles. The summed E-state index contributed by atoms with van der Waals surface area (Å²) in [5.74, 6) is 0.560. The Kier molecular flexibility index (Phi) is 4.74. The van der Waals surface area contributed by atoms with Crippen LogP contribution in [0, 0.1) is 0 Å². The van der Waals surface area contributed by atoms with Crippen molar-refractivity contribution in [2.75, 3.05) is 11.9 Å². The third-order valence-corrected chi connectivity index (χ3v) is 2.19. The fourth-order valence-corrected chi connectivity index (χ4v) is 1.19. The lowest BCUT2D eigenvalue weighted by atomic mass is 10.2. The van der Waals surface area contributed by atoms with Crippen LogP contribution in [0.5, 0.6) is 0 Å². The van der Waals surface area contributed by atoms with Crippen molar-refractivity contribution in [1.29, 1.82) is 0 Å². The molecular weight excluding hydrogens is 233 g/mol. The summed E-state index contributed by atoms with van der Waals surface area (Å²) in [5.41, 5.74) is 0.616. The summed E-state index contributed by atoms with van der Waals surface area (Å²) in [4.78, 5) is 4.04. The minimum absolute atomic E-state index is 0.114. The van der Waals surface area contributed by atoms with Crippen molar-refractivity contribution >= 4 is 5.82 Å². The molecule has 6 heteroatoms. The second-order valence-corrected chi connectivity index (χ2v) is 3.54. The van der Waals surface area contributed by atoms with E-state index < -0.39 is 12.3 Å². The van der Waals surface area contributed by atoms with Crippen LogP contribution in [0.4, 0.5) is 19.0 Å². The van der Waals surface area contributed by atoms with Crippen LogP contribution < -0.4 is 5.32 Å². The Balaban J connectivity index is 2.63. The van der Waals surface area contributed by atoms with Gasteiger partial charge in [-0.1, -0.05) is 6.07 Å². The Hall–Kier alpha value is -1.30. The Morgan fingerprint density at radius 1 is 1.47 bits per heavy atom. The summed E-state index contributed by atoms with van der Waals surface area (Å²) in [6.45, 7) is 3.41. The molecule has 0 saturated heterocycles. The lowest BCUT2D eigenvalue weighted by Crippen LogP contribution is -2.28. The van der Waals surface area contributed by atoms with Crippen LogP contribution in [-0.2, 0) is 11.3 Å². The molecule has 1 heterocycles. The average molecular weight is 248 g/mol. The summed E-state index contributed by atoms with van der Waals surface area (Å²) < 4.78 is 41.5. The Morgan fingerprint density at radius 3 is 2.76 bits per heavy atom. The molecule has 3 nitrogen and oxygen atoms in total. The maximum atomic E-state index is 12.2. The fourth-order valence-electron chi connectivity index (χ4n) is 1.19. The van der Waals surface area contributed by atoms with Crippen molar-refractivity contribution in [3.05, 3.63) is 23.9 Å². The van der Waals surface area contributed by atoms with Gasteiger partial charge in [0.2, 0.25) is 0 Å². The molecule has 0 aliphatic rings. The first-order valence-electron chi connectivity index (χ1n) is 5.31. The number of aromatic nitrogens is 1. The van der Waals surface area contributed by atoms with Crippen molar-refractivity contribution in [1.82, 2.24) is 4.98 Å². The maximum absolute atomic E-state index is 12.2. The number of alkyl halides is 3. The summed E-state index contributed by atoms with van der Waals surface area (Å²) >= 11 is 0. The largest absolute Gasteiger partial charge is 0.414 e. The SMILES string of the molecule is CCNc1ncccc1COC(C)C(F)(F)F. The van der Waals surface area contributed by atoms with E-state index in [1.807, 2.05) is 6.92 Å². The van der Waals surface area contributed by atoms with Gasteiger partial charge in [-0.15, -0.1) is 0 Å². The summed E-state index contributed by atoms with van der Waals surface area (Å²) in [5, 5.41) is 2.97. The molecule has 0 fully saturated rings. The monoisotopic (exact) mass is 248 g/mol. The number of halogens is 3. The van der Waals surface area contributed by atoms with Crippen molar-refractivity contribution in [3.63, 3.8) is 0 Å². The standard InChI is InChI=1S/C11H15F3N2O/c1-3-15-10-9(5-4-6-16-10)7-17-8(2)11(12,13)14/h4-6,8H,3,7H2,1-2H3,(H,15,16). The zero-order valence-corrected chi connectivity index (χ0v) is 9.71. The molecule has 0 bridgehead atoms. The number of hydrogen-bond donors (Lipinski definition) is 1.